The van der Waals surface area contributed by atoms with Crippen molar-refractivity contribution in [2.75, 3.05) is 6.61 Å². The van der Waals surface area contributed by atoms with Gasteiger partial charge < -0.3 is 14.9 Å². The molecular weight excluding hydrogens is 470 g/mol. The molecule has 0 bridgehead atoms. The molecule has 2 fully saturated rings. The molecule has 35 heavy (non-hydrogen) atoms. The Balaban J connectivity index is 0.00000167. The van der Waals surface area contributed by atoms with E-state index in [1.54, 1.807) is 0 Å². The van der Waals surface area contributed by atoms with Crippen molar-refractivity contribution in [2.24, 2.45) is 17.8 Å². The Labute approximate surface area is 217 Å². The number of rotatable bonds is 6. The van der Waals surface area contributed by atoms with Crippen LogP contribution in [0.2, 0.25) is 0 Å². The number of ether oxygens (including phenoxy) is 1. The van der Waals surface area contributed by atoms with Gasteiger partial charge in [-0.1, -0.05) is 44.2 Å². The Hall–Kier alpha value is -1.40. The summed E-state index contributed by atoms with van der Waals surface area (Å²) in [6.45, 7) is 6.73. The van der Waals surface area contributed by atoms with Gasteiger partial charge in [-0.3, -0.25) is 0 Å². The lowest BCUT2D eigenvalue weighted by Gasteiger charge is -2.36. The van der Waals surface area contributed by atoms with E-state index in [0.29, 0.717) is 11.7 Å². The van der Waals surface area contributed by atoms with E-state index in [0.717, 1.165) is 64.3 Å². The number of hydrogen-bond acceptors (Lipinski definition) is 3. The fraction of sp³-hybridized carbons (Fsp3) is 0.533. The molecular formula is C30H44O3P2. The van der Waals surface area contributed by atoms with Crippen LogP contribution in [-0.4, -0.2) is 22.9 Å². The van der Waals surface area contributed by atoms with Crippen molar-refractivity contribution in [3.8, 4) is 22.6 Å². The summed E-state index contributed by atoms with van der Waals surface area (Å²) >= 11 is 0. The van der Waals surface area contributed by atoms with Crippen LogP contribution in [0.4, 0.5) is 0 Å². The third kappa shape index (κ3) is 7.31. The fourth-order valence-electron chi connectivity index (χ4n) is 5.65. The summed E-state index contributed by atoms with van der Waals surface area (Å²) in [6, 6.07) is 10.3. The third-order valence-corrected chi connectivity index (χ3v) is 8.72. The number of benzene rings is 2. The van der Waals surface area contributed by atoms with Crippen LogP contribution in [-0.2, 0) is 0 Å². The normalized spacial score (nSPS) is 24.6. The van der Waals surface area contributed by atoms with Crippen molar-refractivity contribution in [1.82, 2.24) is 0 Å². The molecule has 0 aromatic heterocycles. The van der Waals surface area contributed by atoms with Crippen LogP contribution >= 0.6 is 18.5 Å². The topological polar surface area (TPSA) is 49.7 Å². The second kappa shape index (κ2) is 13.8. The Kier molecular flexibility index (Phi) is 11.1. The molecule has 4 rings (SSSR count). The summed E-state index contributed by atoms with van der Waals surface area (Å²) in [4.78, 5) is 0. The highest BCUT2D eigenvalue weighted by Crippen LogP contribution is 2.40. The Morgan fingerprint density at radius 3 is 2.14 bits per heavy atom. The molecule has 0 spiro atoms. The Bertz CT molecular complexity index is 972. The van der Waals surface area contributed by atoms with Gasteiger partial charge in [0, 0.05) is 16.2 Å². The Morgan fingerprint density at radius 2 is 1.54 bits per heavy atom. The molecule has 0 aliphatic heterocycles. The Morgan fingerprint density at radius 1 is 0.914 bits per heavy atom. The highest BCUT2D eigenvalue weighted by atomic mass is 31.0. The van der Waals surface area contributed by atoms with Crippen LogP contribution in [0.3, 0.4) is 0 Å². The average molecular weight is 515 g/mol. The zero-order valence-electron chi connectivity index (χ0n) is 21.7. The first-order valence-electron chi connectivity index (χ1n) is 13.4. The lowest BCUT2D eigenvalue weighted by atomic mass is 9.71. The number of hydrogen-bond donors (Lipinski definition) is 2. The van der Waals surface area contributed by atoms with Crippen molar-refractivity contribution in [1.29, 1.82) is 0 Å². The lowest BCUT2D eigenvalue weighted by Crippen LogP contribution is -2.28. The monoisotopic (exact) mass is 514 g/mol. The summed E-state index contributed by atoms with van der Waals surface area (Å²) in [5, 5.41) is 22.2. The number of allylic oxidation sites excluding steroid dienone is 1. The molecule has 5 heteroatoms. The van der Waals surface area contributed by atoms with Gasteiger partial charge in [-0.15, -0.1) is 18.5 Å². The van der Waals surface area contributed by atoms with Gasteiger partial charge in [-0.25, -0.2) is 0 Å². The van der Waals surface area contributed by atoms with E-state index in [1.165, 1.54) is 38.5 Å². The van der Waals surface area contributed by atoms with E-state index in [9.17, 15) is 10.2 Å². The maximum atomic E-state index is 10.5. The van der Waals surface area contributed by atoms with E-state index in [1.807, 2.05) is 39.0 Å². The average Bonchev–Trinajstić information content (AvgIpc) is 2.88. The smallest absolute Gasteiger partial charge is 0.130 e. The molecule has 2 saturated carbocycles. The minimum absolute atomic E-state index is 0.0515. The van der Waals surface area contributed by atoms with Gasteiger partial charge in [0.1, 0.15) is 11.5 Å². The van der Waals surface area contributed by atoms with Crippen LogP contribution in [0.1, 0.15) is 77.7 Å². The summed E-state index contributed by atoms with van der Waals surface area (Å²) < 4.78 is 6.25. The van der Waals surface area contributed by atoms with Crippen molar-refractivity contribution < 1.29 is 14.9 Å². The maximum absolute atomic E-state index is 10.5. The minimum atomic E-state index is -0.0515. The van der Waals surface area contributed by atoms with E-state index in [2.05, 4.69) is 42.7 Å². The van der Waals surface area contributed by atoms with Crippen molar-refractivity contribution in [3.63, 3.8) is 0 Å². The zero-order chi connectivity index (χ0) is 25.4. The highest BCUT2D eigenvalue weighted by molar-refractivity contribution is 7.28. The molecule has 2 N–H and O–H groups in total. The fourth-order valence-corrected chi connectivity index (χ4v) is 6.43. The molecule has 2 unspecified atom stereocenters. The molecule has 0 heterocycles. The van der Waals surface area contributed by atoms with Crippen LogP contribution in [0, 0.1) is 17.8 Å². The first-order valence-corrected chi connectivity index (χ1v) is 14.6. The van der Waals surface area contributed by atoms with Gasteiger partial charge in [-0.2, -0.15) is 0 Å². The maximum Gasteiger partial charge on any atom is 0.130 e. The highest BCUT2D eigenvalue weighted by Gasteiger charge is 2.30. The SMILES string of the molecule is C/C=C/c1ccc(-c2ccc(OCC3CCC(C4CCC(O)CC4)CC3)c(P)c2)c(P)c1O.CC. The van der Waals surface area contributed by atoms with Gasteiger partial charge >= 0.3 is 0 Å². The molecule has 0 saturated heterocycles. The molecule has 2 aromatic rings. The number of aromatic hydroxyl groups is 1. The molecule has 0 amide bonds. The second-order valence-corrected chi connectivity index (χ2v) is 11.1. The predicted octanol–water partition coefficient (Wildman–Crippen LogP) is 6.86. The molecule has 2 aliphatic rings. The second-order valence-electron chi connectivity index (χ2n) is 9.88. The van der Waals surface area contributed by atoms with E-state index in [-0.39, 0.29) is 6.10 Å². The van der Waals surface area contributed by atoms with Crippen LogP contribution in [0.5, 0.6) is 11.5 Å². The number of aliphatic hydroxyl groups is 1. The summed E-state index contributed by atoms with van der Waals surface area (Å²) in [7, 11) is 5.49. The molecule has 0 radical (unpaired) electrons. The van der Waals surface area contributed by atoms with Crippen molar-refractivity contribution >= 4 is 35.2 Å². The van der Waals surface area contributed by atoms with Gasteiger partial charge in [0.25, 0.3) is 0 Å². The molecule has 2 atom stereocenters. The quantitative estimate of drug-likeness (QED) is 0.414. The van der Waals surface area contributed by atoms with Gasteiger partial charge in [0.15, 0.2) is 0 Å². The summed E-state index contributed by atoms with van der Waals surface area (Å²) in [5.74, 6) is 3.54. The number of phenolic OH excluding ortho intramolecular Hbond substituents is 1. The van der Waals surface area contributed by atoms with E-state index >= 15 is 0 Å². The lowest BCUT2D eigenvalue weighted by molar-refractivity contribution is 0.0725. The number of aliphatic hydroxyl groups excluding tert-OH is 1. The van der Waals surface area contributed by atoms with Crippen molar-refractivity contribution in [2.45, 2.75) is 78.2 Å². The van der Waals surface area contributed by atoms with E-state index < -0.39 is 0 Å². The predicted molar refractivity (Wildman–Crippen MR) is 157 cm³/mol. The molecule has 192 valence electrons. The van der Waals surface area contributed by atoms with Crippen molar-refractivity contribution in [3.05, 3.63) is 42.0 Å². The zero-order valence-corrected chi connectivity index (χ0v) is 24.0. The van der Waals surface area contributed by atoms with Crippen LogP contribution < -0.4 is 15.3 Å². The van der Waals surface area contributed by atoms with Gasteiger partial charge in [-0.05, 0) is 99.3 Å². The molecule has 3 nitrogen and oxygen atoms in total. The molecule has 2 aromatic carbocycles. The molecule has 2 aliphatic carbocycles. The standard InChI is InChI=1S/C28H38O3P2.C2H6/c1-2-3-21-10-14-24(28(33)27(21)30)22-11-15-25(26(32)16-22)31-17-18-4-6-19(7-5-18)20-8-12-23(29)13-9-20;1-2/h2-3,10-11,14-16,18-20,23,29-30H,4-9,12-13,17,32-33H2,1H3;1-2H3/b3-2+;. The number of phenols is 1. The third-order valence-electron chi connectivity index (χ3n) is 7.69. The summed E-state index contributed by atoms with van der Waals surface area (Å²) in [6.07, 6.45) is 13.3. The van der Waals surface area contributed by atoms with Crippen LogP contribution in [0.15, 0.2) is 36.4 Å². The summed E-state index contributed by atoms with van der Waals surface area (Å²) in [5.41, 5.74) is 2.90. The first-order chi connectivity index (χ1) is 17.0. The first kappa shape index (κ1) is 28.2. The van der Waals surface area contributed by atoms with Crippen LogP contribution in [0.25, 0.3) is 17.2 Å². The minimum Gasteiger partial charge on any atom is -0.507 e. The van der Waals surface area contributed by atoms with Gasteiger partial charge in [0.2, 0.25) is 0 Å². The largest absolute Gasteiger partial charge is 0.507 e. The van der Waals surface area contributed by atoms with E-state index in [4.69, 9.17) is 4.74 Å². The van der Waals surface area contributed by atoms with Gasteiger partial charge in [0.05, 0.1) is 12.7 Å².